The van der Waals surface area contributed by atoms with E-state index in [1.165, 1.54) is 25.7 Å². The average Bonchev–Trinajstić information content (AvgIpc) is 3.17. The predicted octanol–water partition coefficient (Wildman–Crippen LogP) is 5.79. The third kappa shape index (κ3) is 4.98. The van der Waals surface area contributed by atoms with Gasteiger partial charge in [0.25, 0.3) is 0 Å². The van der Waals surface area contributed by atoms with Crippen LogP contribution in [0.1, 0.15) is 58.4 Å². The molecule has 2 N–H and O–H groups in total. The van der Waals surface area contributed by atoms with Gasteiger partial charge in [-0.3, -0.25) is 5.32 Å². The topological polar surface area (TPSA) is 62.2 Å². The molecule has 2 aromatic rings. The van der Waals surface area contributed by atoms with E-state index in [4.69, 9.17) is 11.6 Å². The van der Waals surface area contributed by atoms with E-state index in [-0.39, 0.29) is 6.03 Å². The van der Waals surface area contributed by atoms with Crippen LogP contribution in [0.4, 0.5) is 16.3 Å². The van der Waals surface area contributed by atoms with Crippen molar-refractivity contribution in [2.24, 2.45) is 5.41 Å². The maximum absolute atomic E-state index is 12.5. The van der Waals surface area contributed by atoms with Crippen LogP contribution in [-0.4, -0.2) is 39.8 Å². The smallest absolute Gasteiger partial charge is 0.306 e. The van der Waals surface area contributed by atoms with Gasteiger partial charge < -0.3 is 10.2 Å². The molecule has 1 aromatic carbocycles. The lowest BCUT2D eigenvalue weighted by Crippen LogP contribution is -2.45. The number of amides is 2. The van der Waals surface area contributed by atoms with Gasteiger partial charge in [-0.1, -0.05) is 44.0 Å². The van der Waals surface area contributed by atoms with Crippen LogP contribution in [-0.2, 0) is 0 Å². The fourth-order valence-corrected chi connectivity index (χ4v) is 5.19. The van der Waals surface area contributed by atoms with Gasteiger partial charge in [0.05, 0.1) is 22.9 Å². The van der Waals surface area contributed by atoms with E-state index >= 15 is 0 Å². The molecular formula is C23H32ClN5O. The van der Waals surface area contributed by atoms with Crippen LogP contribution in [0.3, 0.4) is 0 Å². The number of para-hydroxylation sites is 1. The Kier molecular flexibility index (Phi) is 6.34. The molecule has 1 unspecified atom stereocenters. The number of anilines is 2. The van der Waals surface area contributed by atoms with Gasteiger partial charge in [-0.15, -0.1) is 0 Å². The largest absolute Gasteiger partial charge is 0.324 e. The molecule has 2 heterocycles. The standard InChI is InChI=1S/C23H32ClN5O/c1-23(2)12-5-6-18(16-23)28-14-10-17(11-15-28)29-21(9-13-25-29)27-22(30)26-20-8-4-3-7-19(20)24/h3-4,7-9,13,17-18H,5-6,10-12,14-16H2,1-2H3,(H2,26,27,30). The van der Waals surface area contributed by atoms with Crippen molar-refractivity contribution in [3.63, 3.8) is 0 Å². The van der Waals surface area contributed by atoms with E-state index < -0.39 is 0 Å². The number of hydrogen-bond donors (Lipinski definition) is 2. The molecule has 30 heavy (non-hydrogen) atoms. The van der Waals surface area contributed by atoms with Gasteiger partial charge in [0, 0.05) is 25.2 Å². The van der Waals surface area contributed by atoms with Crippen LogP contribution in [0.25, 0.3) is 0 Å². The van der Waals surface area contributed by atoms with Crippen molar-refractivity contribution in [1.29, 1.82) is 0 Å². The summed E-state index contributed by atoms with van der Waals surface area (Å²) in [6.07, 6.45) is 9.17. The number of benzene rings is 1. The predicted molar refractivity (Wildman–Crippen MR) is 122 cm³/mol. The molecule has 162 valence electrons. The minimum Gasteiger partial charge on any atom is -0.306 e. The van der Waals surface area contributed by atoms with E-state index in [1.54, 1.807) is 18.3 Å². The number of rotatable bonds is 4. The second-order valence-electron chi connectivity index (χ2n) is 9.40. The molecule has 0 spiro atoms. The number of halogens is 1. The molecule has 7 heteroatoms. The maximum Gasteiger partial charge on any atom is 0.324 e. The van der Waals surface area contributed by atoms with Gasteiger partial charge in [0.15, 0.2) is 0 Å². The average molecular weight is 430 g/mol. The lowest BCUT2D eigenvalue weighted by Gasteiger charge is -2.44. The zero-order valence-electron chi connectivity index (χ0n) is 17.9. The van der Waals surface area contributed by atoms with Crippen molar-refractivity contribution < 1.29 is 4.79 Å². The Hall–Kier alpha value is -2.05. The fraction of sp³-hybridized carbons (Fsp3) is 0.565. The van der Waals surface area contributed by atoms with Crippen LogP contribution in [0.15, 0.2) is 36.5 Å². The number of aromatic nitrogens is 2. The highest BCUT2D eigenvalue weighted by Crippen LogP contribution is 2.39. The number of piperidine rings is 1. The molecule has 0 bridgehead atoms. The van der Waals surface area contributed by atoms with Gasteiger partial charge in [0.1, 0.15) is 5.82 Å². The van der Waals surface area contributed by atoms with E-state index in [1.807, 2.05) is 22.9 Å². The van der Waals surface area contributed by atoms with Crippen molar-refractivity contribution in [3.8, 4) is 0 Å². The lowest BCUT2D eigenvalue weighted by atomic mass is 9.74. The molecule has 4 rings (SSSR count). The van der Waals surface area contributed by atoms with E-state index in [9.17, 15) is 4.79 Å². The number of urea groups is 1. The summed E-state index contributed by atoms with van der Waals surface area (Å²) in [7, 11) is 0. The Morgan fingerprint density at radius 3 is 2.60 bits per heavy atom. The first-order valence-electron chi connectivity index (χ1n) is 11.0. The summed E-state index contributed by atoms with van der Waals surface area (Å²) in [6, 6.07) is 9.77. The van der Waals surface area contributed by atoms with Crippen molar-refractivity contribution in [2.45, 2.75) is 64.5 Å². The van der Waals surface area contributed by atoms with Crippen molar-refractivity contribution in [2.75, 3.05) is 23.7 Å². The molecule has 6 nitrogen and oxygen atoms in total. The first-order valence-corrected chi connectivity index (χ1v) is 11.4. The van der Waals surface area contributed by atoms with Gasteiger partial charge in [0.2, 0.25) is 0 Å². The zero-order valence-corrected chi connectivity index (χ0v) is 18.7. The second-order valence-corrected chi connectivity index (χ2v) is 9.81. The summed E-state index contributed by atoms with van der Waals surface area (Å²) < 4.78 is 1.97. The molecule has 2 fully saturated rings. The molecule has 1 saturated carbocycles. The molecule has 0 radical (unpaired) electrons. The molecule has 2 amide bonds. The van der Waals surface area contributed by atoms with Crippen LogP contribution in [0.5, 0.6) is 0 Å². The SMILES string of the molecule is CC1(C)CCCC(N2CCC(n3nccc3NC(=O)Nc3ccccc3Cl)CC2)C1. The van der Waals surface area contributed by atoms with Crippen molar-refractivity contribution in [1.82, 2.24) is 14.7 Å². The normalized spacial score (nSPS) is 22.6. The number of nitrogens with zero attached hydrogens (tertiary/aromatic N) is 3. The minimum absolute atomic E-state index is 0.309. The Bertz CT molecular complexity index is 872. The van der Waals surface area contributed by atoms with E-state index in [0.717, 1.165) is 31.7 Å². The second kappa shape index (κ2) is 8.98. The lowest BCUT2D eigenvalue weighted by molar-refractivity contribution is 0.0656. The third-order valence-corrected chi connectivity index (χ3v) is 6.90. The van der Waals surface area contributed by atoms with Gasteiger partial charge in [-0.05, 0) is 49.7 Å². The van der Waals surface area contributed by atoms with Crippen molar-refractivity contribution in [3.05, 3.63) is 41.6 Å². The summed E-state index contributed by atoms with van der Waals surface area (Å²) in [4.78, 5) is 15.1. The number of carbonyl (C=O) groups excluding carboxylic acids is 1. The highest BCUT2D eigenvalue weighted by Gasteiger charge is 2.33. The Balaban J connectivity index is 1.34. The van der Waals surface area contributed by atoms with Crippen LogP contribution >= 0.6 is 11.6 Å². The maximum atomic E-state index is 12.5. The van der Waals surface area contributed by atoms with Gasteiger partial charge >= 0.3 is 6.03 Å². The first kappa shape index (κ1) is 21.2. The Morgan fingerprint density at radius 2 is 1.87 bits per heavy atom. The number of likely N-dealkylation sites (tertiary alicyclic amines) is 1. The summed E-state index contributed by atoms with van der Waals surface area (Å²) in [5.74, 6) is 0.719. The third-order valence-electron chi connectivity index (χ3n) is 6.57. The quantitative estimate of drug-likeness (QED) is 0.646. The highest BCUT2D eigenvalue weighted by atomic mass is 35.5. The zero-order chi connectivity index (χ0) is 21.1. The molecule has 1 aromatic heterocycles. The van der Waals surface area contributed by atoms with Crippen LogP contribution in [0, 0.1) is 5.41 Å². The Morgan fingerprint density at radius 1 is 1.10 bits per heavy atom. The molecule has 2 aliphatic rings. The summed E-state index contributed by atoms with van der Waals surface area (Å²) in [6.45, 7) is 7.00. The molecule has 1 aliphatic heterocycles. The number of carbonyl (C=O) groups is 1. The molecular weight excluding hydrogens is 398 g/mol. The van der Waals surface area contributed by atoms with E-state index in [2.05, 4.69) is 34.5 Å². The van der Waals surface area contributed by atoms with Gasteiger partial charge in [-0.2, -0.15) is 5.10 Å². The Labute approximate surface area is 184 Å². The first-order chi connectivity index (χ1) is 14.4. The molecule has 1 saturated heterocycles. The summed E-state index contributed by atoms with van der Waals surface area (Å²) >= 11 is 6.13. The summed E-state index contributed by atoms with van der Waals surface area (Å²) in [5.41, 5.74) is 1.06. The van der Waals surface area contributed by atoms with Crippen molar-refractivity contribution >= 4 is 29.1 Å². The number of hydrogen-bond acceptors (Lipinski definition) is 3. The monoisotopic (exact) mass is 429 g/mol. The highest BCUT2D eigenvalue weighted by molar-refractivity contribution is 6.33. The molecule has 1 atom stereocenters. The van der Waals surface area contributed by atoms with Gasteiger partial charge in [-0.25, -0.2) is 9.48 Å². The fourth-order valence-electron chi connectivity index (χ4n) is 5.00. The minimum atomic E-state index is -0.313. The molecule has 1 aliphatic carbocycles. The summed E-state index contributed by atoms with van der Waals surface area (Å²) in [5, 5.41) is 10.8. The van der Waals surface area contributed by atoms with E-state index in [0.29, 0.717) is 28.2 Å². The van der Waals surface area contributed by atoms with Crippen LogP contribution < -0.4 is 10.6 Å². The number of nitrogens with one attached hydrogen (secondary N) is 2. The van der Waals surface area contributed by atoms with Crippen LogP contribution in [0.2, 0.25) is 5.02 Å².